The van der Waals surface area contributed by atoms with Gasteiger partial charge in [0.25, 0.3) is 0 Å². The summed E-state index contributed by atoms with van der Waals surface area (Å²) in [6.45, 7) is 3.15. The molecule has 0 bridgehead atoms. The predicted octanol–water partition coefficient (Wildman–Crippen LogP) is 4.62. The van der Waals surface area contributed by atoms with E-state index in [-0.39, 0.29) is 56.5 Å². The van der Waals surface area contributed by atoms with Gasteiger partial charge in [0, 0.05) is 18.8 Å². The molecule has 4 aromatic carbocycles. The molecule has 0 radical (unpaired) electrons. The van der Waals surface area contributed by atoms with Crippen LogP contribution in [0.4, 0.5) is 4.79 Å². The third-order valence-electron chi connectivity index (χ3n) is 9.56. The Balaban J connectivity index is 1.33. The summed E-state index contributed by atoms with van der Waals surface area (Å²) in [4.78, 5) is 77.4. The summed E-state index contributed by atoms with van der Waals surface area (Å²) in [5.41, 5.74) is 11.0. The molecule has 0 fully saturated rings. The van der Waals surface area contributed by atoms with Crippen LogP contribution < -0.4 is 26.4 Å². The summed E-state index contributed by atoms with van der Waals surface area (Å²) in [5, 5.41) is 16.9. The van der Waals surface area contributed by atoms with Gasteiger partial charge in [0.05, 0.1) is 0 Å². The zero-order chi connectivity index (χ0) is 41.6. The van der Waals surface area contributed by atoms with Crippen molar-refractivity contribution in [2.75, 3.05) is 13.2 Å². The first-order valence-corrected chi connectivity index (χ1v) is 19.0. The zero-order valence-electron chi connectivity index (χ0n) is 32.4. The largest absolute Gasteiger partial charge is 0.482 e. The maximum atomic E-state index is 14.1. The highest BCUT2D eigenvalue weighted by molar-refractivity contribution is 5.94. The number of fused-ring (bicyclic) bond motifs is 3. The first-order valence-electron chi connectivity index (χ1n) is 19.0. The zero-order valence-corrected chi connectivity index (χ0v) is 32.4. The lowest BCUT2D eigenvalue weighted by atomic mass is 9.98. The number of carbonyl (C=O) groups is 6. The lowest BCUT2D eigenvalue weighted by Gasteiger charge is -2.25. The molecule has 4 amide bonds. The number of primary amides is 1. The highest BCUT2D eigenvalue weighted by atomic mass is 16.5. The van der Waals surface area contributed by atoms with E-state index in [0.717, 1.165) is 27.8 Å². The molecule has 4 aromatic rings. The number of benzene rings is 4. The Hall–Kier alpha value is -6.70. The Kier molecular flexibility index (Phi) is 15.0. The number of rotatable bonds is 20. The van der Waals surface area contributed by atoms with Gasteiger partial charge in [0.2, 0.25) is 17.7 Å². The number of carbonyl (C=O) groups excluding carboxylic acids is 5. The van der Waals surface area contributed by atoms with Gasteiger partial charge in [0.15, 0.2) is 6.61 Å². The van der Waals surface area contributed by atoms with Crippen LogP contribution in [-0.4, -0.2) is 72.2 Å². The minimum Gasteiger partial charge on any atom is -0.482 e. The van der Waals surface area contributed by atoms with Crippen molar-refractivity contribution in [3.8, 4) is 16.9 Å². The summed E-state index contributed by atoms with van der Waals surface area (Å²) in [6, 6.07) is 27.3. The van der Waals surface area contributed by atoms with Crippen LogP contribution in [0.2, 0.25) is 0 Å². The first-order chi connectivity index (χ1) is 27.9. The van der Waals surface area contributed by atoms with Crippen LogP contribution in [0.3, 0.4) is 0 Å². The topological polar surface area (TPSA) is 212 Å². The fourth-order valence-corrected chi connectivity index (χ4v) is 6.70. The van der Waals surface area contributed by atoms with E-state index in [0.29, 0.717) is 5.56 Å². The molecule has 14 nitrogen and oxygen atoms in total. The van der Waals surface area contributed by atoms with Crippen molar-refractivity contribution in [2.45, 2.75) is 70.2 Å². The molecular weight excluding hydrogens is 745 g/mol. The molecular formula is C44H48N4O10. The van der Waals surface area contributed by atoms with Gasteiger partial charge in [-0.05, 0) is 64.3 Å². The maximum Gasteiger partial charge on any atom is 0.407 e. The van der Waals surface area contributed by atoms with Gasteiger partial charge >= 0.3 is 18.0 Å². The number of aliphatic carboxylic acids is 1. The number of esters is 1. The number of amides is 4. The number of nitrogens with one attached hydrogen (secondary N) is 3. The molecule has 0 aliphatic heterocycles. The number of nitrogens with two attached hydrogens (primary N) is 1. The van der Waals surface area contributed by atoms with Crippen LogP contribution in [-0.2, 0) is 46.5 Å². The van der Waals surface area contributed by atoms with E-state index in [1.165, 1.54) is 12.1 Å². The number of alkyl carbamates (subject to hydrolysis) is 1. The van der Waals surface area contributed by atoms with Crippen molar-refractivity contribution in [1.29, 1.82) is 0 Å². The predicted molar refractivity (Wildman–Crippen MR) is 213 cm³/mol. The Morgan fingerprint density at radius 2 is 1.28 bits per heavy atom. The second-order valence-corrected chi connectivity index (χ2v) is 14.4. The fourth-order valence-electron chi connectivity index (χ4n) is 6.70. The van der Waals surface area contributed by atoms with Gasteiger partial charge in [-0.2, -0.15) is 0 Å². The van der Waals surface area contributed by atoms with Crippen LogP contribution >= 0.6 is 0 Å². The highest BCUT2D eigenvalue weighted by Gasteiger charge is 2.32. The second kappa shape index (κ2) is 20.5. The van der Waals surface area contributed by atoms with E-state index in [1.54, 1.807) is 24.3 Å². The average Bonchev–Trinajstić information content (AvgIpc) is 3.53. The molecule has 1 aliphatic rings. The number of ether oxygens (including phenoxy) is 3. The van der Waals surface area contributed by atoms with Crippen molar-refractivity contribution in [2.24, 2.45) is 11.7 Å². The lowest BCUT2D eigenvalue weighted by molar-refractivity contribution is -0.145. The quantitative estimate of drug-likeness (QED) is 0.0784. The Bertz CT molecular complexity index is 2030. The van der Waals surface area contributed by atoms with E-state index in [9.17, 15) is 28.8 Å². The minimum atomic E-state index is -1.36. The van der Waals surface area contributed by atoms with Crippen molar-refractivity contribution < 1.29 is 48.1 Å². The van der Waals surface area contributed by atoms with E-state index < -0.39 is 60.5 Å². The van der Waals surface area contributed by atoms with Crippen molar-refractivity contribution in [3.05, 3.63) is 125 Å². The SMILES string of the molecule is CC(C)C[C@H](NC(=O)[C@H](Cc1ccc(OCC(=O)O)cc1)NC(=O)[C@H](CCC(=O)OCc1ccccc1)NC(=O)OCC1c2ccccc2-c2ccccc21)C(N)=O. The third-order valence-corrected chi connectivity index (χ3v) is 9.56. The Morgan fingerprint density at radius 1 is 0.690 bits per heavy atom. The van der Waals surface area contributed by atoms with E-state index >= 15 is 0 Å². The van der Waals surface area contributed by atoms with Gasteiger partial charge < -0.3 is 41.0 Å². The van der Waals surface area contributed by atoms with Gasteiger partial charge in [-0.1, -0.05) is 105 Å². The standard InChI is InChI=1S/C44H48N4O10/c1-27(2)22-37(41(45)52)46-43(54)38(23-28-16-18-30(19-17-28)56-26-39(49)50)47-42(53)36(20-21-40(51)57-24-29-10-4-3-5-11-29)48-44(55)58-25-35-33-14-8-6-12-31(33)32-13-7-9-15-34(32)35/h3-19,27,35-38H,20-26H2,1-2H3,(H2,45,52)(H,46,54)(H,47,53)(H,48,55)(H,49,50)/t36-,37-,38-/m0/s1. The molecule has 0 heterocycles. The Morgan fingerprint density at radius 3 is 1.88 bits per heavy atom. The van der Waals surface area contributed by atoms with Gasteiger partial charge in [-0.3, -0.25) is 19.2 Å². The summed E-state index contributed by atoms with van der Waals surface area (Å²) < 4.78 is 16.3. The maximum absolute atomic E-state index is 14.1. The van der Waals surface area contributed by atoms with Crippen LogP contribution in [0.5, 0.6) is 5.75 Å². The van der Waals surface area contributed by atoms with Gasteiger partial charge in [0.1, 0.15) is 37.1 Å². The van der Waals surface area contributed by atoms with Crippen molar-refractivity contribution in [3.63, 3.8) is 0 Å². The van der Waals surface area contributed by atoms with Crippen LogP contribution in [0.15, 0.2) is 103 Å². The summed E-state index contributed by atoms with van der Waals surface area (Å²) in [6.07, 6.45) is -1.22. The molecule has 0 spiro atoms. The first kappa shape index (κ1) is 42.4. The normalized spacial score (nSPS) is 13.2. The van der Waals surface area contributed by atoms with E-state index in [4.69, 9.17) is 25.1 Å². The molecule has 0 aromatic heterocycles. The fraction of sp³-hybridized carbons (Fsp3) is 0.318. The number of carboxylic acids is 1. The monoisotopic (exact) mass is 792 g/mol. The van der Waals surface area contributed by atoms with E-state index in [1.807, 2.05) is 80.6 Å². The van der Waals surface area contributed by atoms with Crippen molar-refractivity contribution in [1.82, 2.24) is 16.0 Å². The molecule has 1 aliphatic carbocycles. The summed E-state index contributed by atoms with van der Waals surface area (Å²) in [7, 11) is 0. The molecule has 0 unspecified atom stereocenters. The second-order valence-electron chi connectivity index (χ2n) is 14.4. The third kappa shape index (κ3) is 12.1. The molecule has 304 valence electrons. The van der Waals surface area contributed by atoms with Gasteiger partial charge in [-0.15, -0.1) is 0 Å². The molecule has 3 atom stereocenters. The number of hydrogen-bond acceptors (Lipinski definition) is 9. The number of hydrogen-bond donors (Lipinski definition) is 5. The molecule has 0 saturated heterocycles. The summed E-state index contributed by atoms with van der Waals surface area (Å²) in [5.74, 6) is -4.03. The smallest absolute Gasteiger partial charge is 0.407 e. The average molecular weight is 793 g/mol. The molecule has 6 N–H and O–H groups in total. The highest BCUT2D eigenvalue weighted by Crippen LogP contribution is 2.44. The Labute approximate surface area is 336 Å². The van der Waals surface area contributed by atoms with E-state index in [2.05, 4.69) is 16.0 Å². The minimum absolute atomic E-state index is 0.00313. The van der Waals surface area contributed by atoms with Crippen LogP contribution in [0.25, 0.3) is 11.1 Å². The molecule has 14 heteroatoms. The van der Waals surface area contributed by atoms with Crippen LogP contribution in [0, 0.1) is 5.92 Å². The van der Waals surface area contributed by atoms with Gasteiger partial charge in [-0.25, -0.2) is 9.59 Å². The number of carboxylic acid groups (broad SMARTS) is 1. The lowest BCUT2D eigenvalue weighted by Crippen LogP contribution is -2.57. The van der Waals surface area contributed by atoms with Crippen LogP contribution in [0.1, 0.15) is 61.3 Å². The molecule has 0 saturated carbocycles. The molecule has 58 heavy (non-hydrogen) atoms. The summed E-state index contributed by atoms with van der Waals surface area (Å²) >= 11 is 0. The van der Waals surface area contributed by atoms with Crippen molar-refractivity contribution >= 4 is 35.8 Å². The molecule has 5 rings (SSSR count).